The van der Waals surface area contributed by atoms with Crippen molar-refractivity contribution in [2.45, 2.75) is 12.8 Å². The van der Waals surface area contributed by atoms with Crippen molar-refractivity contribution in [3.8, 4) is 0 Å². The first-order chi connectivity index (χ1) is 7.22. The minimum atomic E-state index is -0.434. The van der Waals surface area contributed by atoms with Crippen molar-refractivity contribution in [1.29, 1.82) is 0 Å². The summed E-state index contributed by atoms with van der Waals surface area (Å²) in [5.74, 6) is -0.464. The molecule has 78 valence electrons. The van der Waals surface area contributed by atoms with Crippen LogP contribution in [0.3, 0.4) is 0 Å². The predicted octanol–water partition coefficient (Wildman–Crippen LogP) is 0.999. The SMILES string of the molecule is CC(=O)C(CO)c1ccc2nccn2c1. The average Bonchev–Trinajstić information content (AvgIpc) is 2.65. The maximum atomic E-state index is 11.3. The lowest BCUT2D eigenvalue weighted by Crippen LogP contribution is -2.13. The number of carbonyl (C=O) groups excluding carboxylic acids is 1. The summed E-state index contributed by atoms with van der Waals surface area (Å²) in [6.45, 7) is 1.33. The maximum absolute atomic E-state index is 11.3. The topological polar surface area (TPSA) is 54.6 Å². The molecule has 1 N–H and O–H groups in total. The molecular weight excluding hydrogens is 192 g/mol. The fourth-order valence-electron chi connectivity index (χ4n) is 1.61. The molecule has 4 nitrogen and oxygen atoms in total. The smallest absolute Gasteiger partial charge is 0.139 e. The number of fused-ring (bicyclic) bond motifs is 1. The van der Waals surface area contributed by atoms with Crippen molar-refractivity contribution in [2.75, 3.05) is 6.61 Å². The molecule has 2 heterocycles. The minimum absolute atomic E-state index is 0.0306. The highest BCUT2D eigenvalue weighted by Crippen LogP contribution is 2.16. The summed E-state index contributed by atoms with van der Waals surface area (Å²) in [5.41, 5.74) is 1.65. The molecule has 0 amide bonds. The Morgan fingerprint density at radius 1 is 1.60 bits per heavy atom. The normalized spacial score (nSPS) is 12.9. The summed E-state index contributed by atoms with van der Waals surface area (Å²) in [5, 5.41) is 9.13. The Hall–Kier alpha value is -1.68. The third-order valence-corrected chi connectivity index (χ3v) is 2.49. The molecule has 1 unspecified atom stereocenters. The summed E-state index contributed by atoms with van der Waals surface area (Å²) in [6, 6.07) is 3.66. The first kappa shape index (κ1) is 9.86. The van der Waals surface area contributed by atoms with Gasteiger partial charge in [0, 0.05) is 18.6 Å². The minimum Gasteiger partial charge on any atom is -0.395 e. The van der Waals surface area contributed by atoms with Gasteiger partial charge >= 0.3 is 0 Å². The number of aliphatic hydroxyl groups excluding tert-OH is 1. The molecule has 1 atom stereocenters. The van der Waals surface area contributed by atoms with Gasteiger partial charge in [-0.1, -0.05) is 6.07 Å². The Kier molecular flexibility index (Phi) is 2.51. The molecule has 0 fully saturated rings. The Balaban J connectivity index is 2.46. The zero-order chi connectivity index (χ0) is 10.8. The molecule has 0 aliphatic carbocycles. The van der Waals surface area contributed by atoms with Gasteiger partial charge in [-0.3, -0.25) is 4.79 Å². The van der Waals surface area contributed by atoms with Gasteiger partial charge in [0.05, 0.1) is 12.5 Å². The van der Waals surface area contributed by atoms with E-state index in [-0.39, 0.29) is 12.4 Å². The second kappa shape index (κ2) is 3.82. The number of hydrogen-bond donors (Lipinski definition) is 1. The van der Waals surface area contributed by atoms with E-state index in [1.54, 1.807) is 6.20 Å². The number of pyridine rings is 1. The van der Waals surface area contributed by atoms with Gasteiger partial charge in [-0.25, -0.2) is 4.98 Å². The van der Waals surface area contributed by atoms with Gasteiger partial charge < -0.3 is 9.51 Å². The zero-order valence-corrected chi connectivity index (χ0v) is 8.42. The van der Waals surface area contributed by atoms with Crippen LogP contribution in [0.4, 0.5) is 0 Å². The highest BCUT2D eigenvalue weighted by Gasteiger charge is 2.15. The molecule has 0 aliphatic heterocycles. The molecule has 0 saturated heterocycles. The van der Waals surface area contributed by atoms with E-state index in [2.05, 4.69) is 4.98 Å². The Labute approximate surface area is 87.2 Å². The quantitative estimate of drug-likeness (QED) is 0.811. The van der Waals surface area contributed by atoms with Crippen molar-refractivity contribution >= 4 is 11.4 Å². The van der Waals surface area contributed by atoms with Gasteiger partial charge in [0.2, 0.25) is 0 Å². The monoisotopic (exact) mass is 204 g/mol. The number of aromatic nitrogens is 2. The zero-order valence-electron chi connectivity index (χ0n) is 8.42. The predicted molar refractivity (Wildman–Crippen MR) is 55.7 cm³/mol. The first-order valence-electron chi connectivity index (χ1n) is 4.76. The van der Waals surface area contributed by atoms with E-state index in [4.69, 9.17) is 5.11 Å². The van der Waals surface area contributed by atoms with Crippen LogP contribution in [0.25, 0.3) is 5.65 Å². The van der Waals surface area contributed by atoms with Crippen LogP contribution in [-0.2, 0) is 4.79 Å². The van der Waals surface area contributed by atoms with Crippen LogP contribution in [0.15, 0.2) is 30.7 Å². The van der Waals surface area contributed by atoms with Crippen LogP contribution in [0.2, 0.25) is 0 Å². The number of rotatable bonds is 3. The van der Waals surface area contributed by atoms with Crippen molar-refractivity contribution in [1.82, 2.24) is 9.38 Å². The lowest BCUT2D eigenvalue weighted by Gasteiger charge is -2.10. The van der Waals surface area contributed by atoms with Crippen LogP contribution >= 0.6 is 0 Å². The highest BCUT2D eigenvalue weighted by molar-refractivity contribution is 5.83. The summed E-state index contributed by atoms with van der Waals surface area (Å²) < 4.78 is 1.83. The maximum Gasteiger partial charge on any atom is 0.139 e. The second-order valence-corrected chi connectivity index (χ2v) is 3.50. The molecule has 2 rings (SSSR count). The molecule has 2 aromatic heterocycles. The Bertz CT molecular complexity index is 490. The number of ketones is 1. The summed E-state index contributed by atoms with van der Waals surface area (Å²) in [7, 11) is 0. The third kappa shape index (κ3) is 1.76. The van der Waals surface area contributed by atoms with Crippen LogP contribution in [0.1, 0.15) is 18.4 Å². The molecule has 0 radical (unpaired) electrons. The van der Waals surface area contributed by atoms with Crippen molar-refractivity contribution in [3.05, 3.63) is 36.3 Å². The van der Waals surface area contributed by atoms with Gasteiger partial charge in [-0.05, 0) is 18.6 Å². The molecule has 4 heteroatoms. The van der Waals surface area contributed by atoms with Gasteiger partial charge in [-0.15, -0.1) is 0 Å². The van der Waals surface area contributed by atoms with E-state index in [1.807, 2.05) is 28.9 Å². The molecule has 2 aromatic rings. The number of nitrogens with zero attached hydrogens (tertiary/aromatic N) is 2. The number of imidazole rings is 1. The lowest BCUT2D eigenvalue weighted by molar-refractivity contribution is -0.119. The van der Waals surface area contributed by atoms with Crippen molar-refractivity contribution in [3.63, 3.8) is 0 Å². The standard InChI is InChI=1S/C11H12N2O2/c1-8(15)10(7-14)9-2-3-11-12-4-5-13(11)6-9/h2-6,10,14H,7H2,1H3. The molecular formula is C11H12N2O2. The Morgan fingerprint density at radius 2 is 2.40 bits per heavy atom. The molecule has 0 aromatic carbocycles. The largest absolute Gasteiger partial charge is 0.395 e. The van der Waals surface area contributed by atoms with E-state index < -0.39 is 5.92 Å². The average molecular weight is 204 g/mol. The number of hydrogen-bond acceptors (Lipinski definition) is 3. The van der Waals surface area contributed by atoms with Gasteiger partial charge in [0.1, 0.15) is 11.4 Å². The van der Waals surface area contributed by atoms with Gasteiger partial charge in [0.15, 0.2) is 0 Å². The Morgan fingerprint density at radius 3 is 3.07 bits per heavy atom. The van der Waals surface area contributed by atoms with Crippen molar-refractivity contribution < 1.29 is 9.90 Å². The number of carbonyl (C=O) groups is 1. The molecule has 15 heavy (non-hydrogen) atoms. The number of aliphatic hydroxyl groups is 1. The van der Waals surface area contributed by atoms with Crippen LogP contribution in [0.5, 0.6) is 0 Å². The third-order valence-electron chi connectivity index (χ3n) is 2.49. The van der Waals surface area contributed by atoms with Crippen molar-refractivity contribution in [2.24, 2.45) is 0 Å². The van der Waals surface area contributed by atoms with Crippen LogP contribution < -0.4 is 0 Å². The summed E-state index contributed by atoms with van der Waals surface area (Å²) >= 11 is 0. The molecule has 0 aliphatic rings. The lowest BCUT2D eigenvalue weighted by atomic mass is 9.98. The fraction of sp³-hybridized carbons (Fsp3) is 0.273. The van der Waals surface area contributed by atoms with Crippen LogP contribution in [0, 0.1) is 0 Å². The van der Waals surface area contributed by atoms with E-state index in [0.29, 0.717) is 0 Å². The molecule has 0 saturated carbocycles. The first-order valence-corrected chi connectivity index (χ1v) is 4.76. The van der Waals surface area contributed by atoms with E-state index in [9.17, 15) is 4.79 Å². The van der Waals surface area contributed by atoms with Gasteiger partial charge in [0.25, 0.3) is 0 Å². The van der Waals surface area contributed by atoms with Crippen LogP contribution in [-0.4, -0.2) is 26.9 Å². The number of Topliss-reactive ketones (excluding diaryl/α,β-unsaturated/α-hetero) is 1. The second-order valence-electron chi connectivity index (χ2n) is 3.50. The van der Waals surface area contributed by atoms with E-state index >= 15 is 0 Å². The summed E-state index contributed by atoms with van der Waals surface area (Å²) in [4.78, 5) is 15.4. The summed E-state index contributed by atoms with van der Waals surface area (Å²) in [6.07, 6.45) is 5.33. The fourth-order valence-corrected chi connectivity index (χ4v) is 1.61. The van der Waals surface area contributed by atoms with E-state index in [1.165, 1.54) is 6.92 Å². The molecule has 0 bridgehead atoms. The van der Waals surface area contributed by atoms with Gasteiger partial charge in [-0.2, -0.15) is 0 Å². The van der Waals surface area contributed by atoms with E-state index in [0.717, 1.165) is 11.2 Å². The highest BCUT2D eigenvalue weighted by atomic mass is 16.3. The molecule has 0 spiro atoms.